The fourth-order valence-electron chi connectivity index (χ4n) is 2.82. The van der Waals surface area contributed by atoms with Gasteiger partial charge in [-0.1, -0.05) is 13.8 Å². The van der Waals surface area contributed by atoms with Crippen molar-refractivity contribution in [2.75, 3.05) is 0 Å². The molecule has 1 fully saturated rings. The first-order valence-electron chi connectivity index (χ1n) is 7.25. The van der Waals surface area contributed by atoms with Crippen LogP contribution in [0.4, 0.5) is 0 Å². The lowest BCUT2D eigenvalue weighted by Crippen LogP contribution is -2.29. The topological polar surface area (TPSA) is 48.1 Å². The molecule has 0 spiro atoms. The van der Waals surface area contributed by atoms with Gasteiger partial charge in [0.15, 0.2) is 0 Å². The van der Waals surface area contributed by atoms with E-state index in [2.05, 4.69) is 31.8 Å². The standard InChI is InChI=1S/C16H26N2O/c1-11-9-12(2)18-15(14(11)10-17)19-13-5-7-16(3,4)8-6-13/h9,13H,5-8,10,17H2,1-4H3. The van der Waals surface area contributed by atoms with Crippen molar-refractivity contribution in [1.82, 2.24) is 4.98 Å². The van der Waals surface area contributed by atoms with Crippen LogP contribution in [0.1, 0.15) is 56.4 Å². The first-order chi connectivity index (χ1) is 8.91. The van der Waals surface area contributed by atoms with Gasteiger partial charge in [0, 0.05) is 17.8 Å². The zero-order valence-electron chi connectivity index (χ0n) is 12.6. The summed E-state index contributed by atoms with van der Waals surface area (Å²) in [7, 11) is 0. The van der Waals surface area contributed by atoms with Crippen LogP contribution in [0.25, 0.3) is 0 Å². The van der Waals surface area contributed by atoms with Crippen molar-refractivity contribution < 1.29 is 4.74 Å². The molecule has 3 nitrogen and oxygen atoms in total. The molecule has 1 heterocycles. The van der Waals surface area contributed by atoms with Crippen LogP contribution in [0.15, 0.2) is 6.07 Å². The number of aryl methyl sites for hydroxylation is 2. The first kappa shape index (κ1) is 14.3. The number of rotatable bonds is 3. The number of hydrogen-bond acceptors (Lipinski definition) is 3. The molecule has 0 aromatic carbocycles. The number of aromatic nitrogens is 1. The molecule has 1 aromatic heterocycles. The van der Waals surface area contributed by atoms with E-state index in [0.717, 1.165) is 30.0 Å². The molecule has 3 heteroatoms. The highest BCUT2D eigenvalue weighted by Crippen LogP contribution is 2.36. The van der Waals surface area contributed by atoms with Gasteiger partial charge in [-0.3, -0.25) is 0 Å². The summed E-state index contributed by atoms with van der Waals surface area (Å²) in [5.41, 5.74) is 9.53. The van der Waals surface area contributed by atoms with Gasteiger partial charge < -0.3 is 10.5 Å². The lowest BCUT2D eigenvalue weighted by atomic mass is 9.76. The smallest absolute Gasteiger partial charge is 0.218 e. The van der Waals surface area contributed by atoms with Gasteiger partial charge >= 0.3 is 0 Å². The third-order valence-electron chi connectivity index (χ3n) is 4.21. The maximum Gasteiger partial charge on any atom is 0.218 e. The molecule has 1 aromatic rings. The van der Waals surface area contributed by atoms with Crippen LogP contribution in [-0.2, 0) is 6.54 Å². The lowest BCUT2D eigenvalue weighted by molar-refractivity contribution is 0.0938. The Morgan fingerprint density at radius 1 is 1.32 bits per heavy atom. The maximum atomic E-state index is 6.14. The van der Waals surface area contributed by atoms with Gasteiger partial charge in [0.25, 0.3) is 0 Å². The lowest BCUT2D eigenvalue weighted by Gasteiger charge is -2.34. The summed E-state index contributed by atoms with van der Waals surface area (Å²) in [4.78, 5) is 4.53. The first-order valence-corrected chi connectivity index (χ1v) is 7.25. The monoisotopic (exact) mass is 262 g/mol. The van der Waals surface area contributed by atoms with Crippen LogP contribution in [0.2, 0.25) is 0 Å². The molecular formula is C16H26N2O. The van der Waals surface area contributed by atoms with Crippen molar-refractivity contribution in [3.8, 4) is 5.88 Å². The molecule has 0 unspecified atom stereocenters. The van der Waals surface area contributed by atoms with E-state index in [9.17, 15) is 0 Å². The van der Waals surface area contributed by atoms with Crippen LogP contribution in [0, 0.1) is 19.3 Å². The zero-order chi connectivity index (χ0) is 14.0. The van der Waals surface area contributed by atoms with Crippen molar-refractivity contribution in [3.05, 3.63) is 22.9 Å². The summed E-state index contributed by atoms with van der Waals surface area (Å²) in [6.07, 6.45) is 4.98. The van der Waals surface area contributed by atoms with Crippen molar-refractivity contribution in [1.29, 1.82) is 0 Å². The van der Waals surface area contributed by atoms with Crippen LogP contribution in [0.5, 0.6) is 5.88 Å². The van der Waals surface area contributed by atoms with Gasteiger partial charge in [-0.25, -0.2) is 4.98 Å². The van der Waals surface area contributed by atoms with Crippen LogP contribution >= 0.6 is 0 Å². The summed E-state index contributed by atoms with van der Waals surface area (Å²) < 4.78 is 6.14. The van der Waals surface area contributed by atoms with Crippen molar-refractivity contribution in [2.45, 2.75) is 66.0 Å². The number of nitrogens with two attached hydrogens (primary N) is 1. The van der Waals surface area contributed by atoms with Gasteiger partial charge in [-0.05, 0) is 56.6 Å². The summed E-state index contributed by atoms with van der Waals surface area (Å²) in [6, 6.07) is 2.07. The molecule has 1 aliphatic carbocycles. The molecule has 1 aliphatic rings. The van der Waals surface area contributed by atoms with Crippen LogP contribution in [0.3, 0.4) is 0 Å². The Kier molecular flexibility index (Phi) is 4.14. The van der Waals surface area contributed by atoms with Crippen molar-refractivity contribution >= 4 is 0 Å². The third kappa shape index (κ3) is 3.47. The Balaban J connectivity index is 2.11. The zero-order valence-corrected chi connectivity index (χ0v) is 12.6. The quantitative estimate of drug-likeness (QED) is 0.907. The second-order valence-electron chi connectivity index (χ2n) is 6.55. The van der Waals surface area contributed by atoms with E-state index in [4.69, 9.17) is 10.5 Å². The highest BCUT2D eigenvalue weighted by Gasteiger charge is 2.28. The molecule has 2 N–H and O–H groups in total. The SMILES string of the molecule is Cc1cc(C)c(CN)c(OC2CCC(C)(C)CC2)n1. The van der Waals surface area contributed by atoms with E-state index >= 15 is 0 Å². The van der Waals surface area contributed by atoms with E-state index < -0.39 is 0 Å². The minimum atomic E-state index is 0.298. The van der Waals surface area contributed by atoms with Crippen molar-refractivity contribution in [2.24, 2.45) is 11.1 Å². The molecule has 19 heavy (non-hydrogen) atoms. The van der Waals surface area contributed by atoms with E-state index in [1.165, 1.54) is 18.4 Å². The second kappa shape index (κ2) is 5.49. The minimum Gasteiger partial charge on any atom is -0.474 e. The highest BCUT2D eigenvalue weighted by molar-refractivity contribution is 5.35. The Labute approximate surface area is 116 Å². The van der Waals surface area contributed by atoms with Crippen molar-refractivity contribution in [3.63, 3.8) is 0 Å². The molecule has 0 amide bonds. The average Bonchev–Trinajstić information content (AvgIpc) is 2.31. The maximum absolute atomic E-state index is 6.14. The molecule has 0 bridgehead atoms. The minimum absolute atomic E-state index is 0.298. The van der Waals surface area contributed by atoms with Gasteiger partial charge in [0.2, 0.25) is 5.88 Å². The Hall–Kier alpha value is -1.09. The van der Waals surface area contributed by atoms with Gasteiger partial charge in [0.05, 0.1) is 0 Å². The van der Waals surface area contributed by atoms with Crippen LogP contribution in [-0.4, -0.2) is 11.1 Å². The molecule has 1 saturated carbocycles. The Morgan fingerprint density at radius 2 is 1.95 bits per heavy atom. The fourth-order valence-corrected chi connectivity index (χ4v) is 2.82. The van der Waals surface area contributed by atoms with E-state index in [0.29, 0.717) is 18.1 Å². The predicted octanol–water partition coefficient (Wildman–Crippen LogP) is 3.50. The molecule has 106 valence electrons. The van der Waals surface area contributed by atoms with Gasteiger partial charge in [-0.15, -0.1) is 0 Å². The second-order valence-corrected chi connectivity index (χ2v) is 6.55. The molecule has 2 rings (SSSR count). The largest absolute Gasteiger partial charge is 0.474 e. The van der Waals surface area contributed by atoms with Gasteiger partial charge in [0.1, 0.15) is 6.10 Å². The fraction of sp³-hybridized carbons (Fsp3) is 0.688. The molecular weight excluding hydrogens is 236 g/mol. The summed E-state index contributed by atoms with van der Waals surface area (Å²) >= 11 is 0. The average molecular weight is 262 g/mol. The number of nitrogens with zero attached hydrogens (tertiary/aromatic N) is 1. The summed E-state index contributed by atoms with van der Waals surface area (Å²) in [5.74, 6) is 0.754. The summed E-state index contributed by atoms with van der Waals surface area (Å²) in [6.45, 7) is 9.25. The molecule has 0 atom stereocenters. The number of pyridine rings is 1. The van der Waals surface area contributed by atoms with E-state index in [-0.39, 0.29) is 0 Å². The molecule has 0 saturated heterocycles. The number of hydrogen-bond donors (Lipinski definition) is 1. The normalized spacial score (nSPS) is 19.4. The number of ether oxygens (including phenoxy) is 1. The summed E-state index contributed by atoms with van der Waals surface area (Å²) in [5, 5.41) is 0. The van der Waals surface area contributed by atoms with Gasteiger partial charge in [-0.2, -0.15) is 0 Å². The highest BCUT2D eigenvalue weighted by atomic mass is 16.5. The predicted molar refractivity (Wildman–Crippen MR) is 78.3 cm³/mol. The Bertz CT molecular complexity index is 444. The van der Waals surface area contributed by atoms with E-state index in [1.54, 1.807) is 0 Å². The molecule has 0 radical (unpaired) electrons. The van der Waals surface area contributed by atoms with Crippen LogP contribution < -0.4 is 10.5 Å². The third-order valence-corrected chi connectivity index (χ3v) is 4.21. The van der Waals surface area contributed by atoms with E-state index in [1.807, 2.05) is 6.92 Å². The molecule has 0 aliphatic heterocycles. The Morgan fingerprint density at radius 3 is 2.53 bits per heavy atom.